The van der Waals surface area contributed by atoms with E-state index in [1.165, 1.54) is 0 Å². The van der Waals surface area contributed by atoms with Gasteiger partial charge in [-0.1, -0.05) is 6.07 Å². The second-order valence-corrected chi connectivity index (χ2v) is 6.12. The van der Waals surface area contributed by atoms with Crippen molar-refractivity contribution in [3.05, 3.63) is 36.5 Å². The number of amides is 1. The molecular formula is C18H19N5O2. The van der Waals surface area contributed by atoms with Crippen LogP contribution in [0.15, 0.2) is 36.5 Å². The molecule has 0 saturated carbocycles. The van der Waals surface area contributed by atoms with Crippen LogP contribution >= 0.6 is 0 Å². The predicted octanol–water partition coefficient (Wildman–Crippen LogP) is 2.21. The van der Waals surface area contributed by atoms with Gasteiger partial charge in [-0.25, -0.2) is 4.98 Å². The summed E-state index contributed by atoms with van der Waals surface area (Å²) < 4.78 is 5.77. The van der Waals surface area contributed by atoms with Crippen molar-refractivity contribution in [1.82, 2.24) is 20.1 Å². The second-order valence-electron chi connectivity index (χ2n) is 6.12. The standard InChI is InChI=1S/C18H19N5O2/c19-17-10-16(25-11-18(24)23-7-1-2-8-23)13-4-3-12(9-15(13)21-17)14-5-6-20-22-14/h3-6,9-10H,1-2,7-8,11H2,(H2,19,21)(H,20,22). The summed E-state index contributed by atoms with van der Waals surface area (Å²) in [5, 5.41) is 7.72. The Labute approximate surface area is 144 Å². The van der Waals surface area contributed by atoms with E-state index in [2.05, 4.69) is 15.2 Å². The molecule has 1 aliphatic heterocycles. The van der Waals surface area contributed by atoms with Crippen molar-refractivity contribution in [1.29, 1.82) is 0 Å². The number of nitrogen functional groups attached to an aromatic ring is 1. The lowest BCUT2D eigenvalue weighted by atomic mass is 10.1. The van der Waals surface area contributed by atoms with Gasteiger partial charge in [0.25, 0.3) is 5.91 Å². The fraction of sp³-hybridized carbons (Fsp3) is 0.278. The average molecular weight is 337 g/mol. The number of H-pyrrole nitrogens is 1. The highest BCUT2D eigenvalue weighted by Crippen LogP contribution is 2.30. The van der Waals surface area contributed by atoms with Crippen LogP contribution in [0.2, 0.25) is 0 Å². The SMILES string of the molecule is Nc1cc(OCC(=O)N2CCCC2)c2ccc(-c3ccn[nH]3)cc2n1. The number of carbonyl (C=O) groups is 1. The molecule has 4 rings (SSSR count). The van der Waals surface area contributed by atoms with Crippen LogP contribution in [-0.2, 0) is 4.79 Å². The van der Waals surface area contributed by atoms with Crippen LogP contribution in [0, 0.1) is 0 Å². The lowest BCUT2D eigenvalue weighted by molar-refractivity contribution is -0.132. The van der Waals surface area contributed by atoms with Crippen molar-refractivity contribution < 1.29 is 9.53 Å². The maximum absolute atomic E-state index is 12.2. The molecule has 3 aromatic rings. The van der Waals surface area contributed by atoms with Gasteiger partial charge in [0, 0.05) is 36.3 Å². The first-order chi connectivity index (χ1) is 12.2. The number of benzene rings is 1. The number of hydrogen-bond acceptors (Lipinski definition) is 5. The number of pyridine rings is 1. The van der Waals surface area contributed by atoms with Gasteiger partial charge in [0.15, 0.2) is 6.61 Å². The van der Waals surface area contributed by atoms with Gasteiger partial charge < -0.3 is 15.4 Å². The van der Waals surface area contributed by atoms with Gasteiger partial charge in [-0.3, -0.25) is 9.89 Å². The minimum atomic E-state index is 0.00936. The van der Waals surface area contributed by atoms with Gasteiger partial charge in [0.2, 0.25) is 0 Å². The molecule has 0 aliphatic carbocycles. The number of nitrogens with zero attached hydrogens (tertiary/aromatic N) is 3. The van der Waals surface area contributed by atoms with E-state index in [0.717, 1.165) is 48.1 Å². The number of nitrogens with two attached hydrogens (primary N) is 1. The molecule has 3 N–H and O–H groups in total. The average Bonchev–Trinajstić information content (AvgIpc) is 3.31. The van der Waals surface area contributed by atoms with Gasteiger partial charge in [-0.05, 0) is 31.0 Å². The molecule has 0 bridgehead atoms. The summed E-state index contributed by atoms with van der Waals surface area (Å²) in [6, 6.07) is 9.36. The minimum absolute atomic E-state index is 0.00936. The molecular weight excluding hydrogens is 318 g/mol. The minimum Gasteiger partial charge on any atom is -0.483 e. The monoisotopic (exact) mass is 337 g/mol. The number of likely N-dealkylation sites (tertiary alicyclic amines) is 1. The third-order valence-electron chi connectivity index (χ3n) is 4.41. The molecule has 0 spiro atoms. The Bertz CT molecular complexity index is 901. The molecule has 1 aromatic carbocycles. The Balaban J connectivity index is 1.61. The van der Waals surface area contributed by atoms with E-state index in [-0.39, 0.29) is 12.5 Å². The molecule has 25 heavy (non-hydrogen) atoms. The van der Waals surface area contributed by atoms with Crippen molar-refractivity contribution in [2.75, 3.05) is 25.4 Å². The van der Waals surface area contributed by atoms with Gasteiger partial charge in [0.05, 0.1) is 11.2 Å². The summed E-state index contributed by atoms with van der Waals surface area (Å²) in [4.78, 5) is 18.4. The van der Waals surface area contributed by atoms with E-state index >= 15 is 0 Å². The number of aromatic nitrogens is 3. The van der Waals surface area contributed by atoms with E-state index < -0.39 is 0 Å². The zero-order valence-electron chi connectivity index (χ0n) is 13.7. The van der Waals surface area contributed by atoms with Gasteiger partial charge in [-0.2, -0.15) is 5.10 Å². The smallest absolute Gasteiger partial charge is 0.260 e. The maximum atomic E-state index is 12.2. The molecule has 0 radical (unpaired) electrons. The molecule has 0 atom stereocenters. The maximum Gasteiger partial charge on any atom is 0.260 e. The Hall–Kier alpha value is -3.09. The Morgan fingerprint density at radius 2 is 2.08 bits per heavy atom. The van der Waals surface area contributed by atoms with Crippen LogP contribution in [0.1, 0.15) is 12.8 Å². The number of nitrogens with one attached hydrogen (secondary N) is 1. The van der Waals surface area contributed by atoms with Crippen LogP contribution in [0.5, 0.6) is 5.75 Å². The molecule has 2 aromatic heterocycles. The molecule has 1 saturated heterocycles. The lowest BCUT2D eigenvalue weighted by Gasteiger charge is -2.16. The van der Waals surface area contributed by atoms with E-state index in [1.807, 2.05) is 29.2 Å². The Morgan fingerprint density at radius 3 is 2.84 bits per heavy atom. The summed E-state index contributed by atoms with van der Waals surface area (Å²) in [6.07, 6.45) is 3.82. The van der Waals surface area contributed by atoms with Crippen molar-refractivity contribution in [3.8, 4) is 17.0 Å². The first-order valence-corrected chi connectivity index (χ1v) is 8.31. The number of hydrogen-bond donors (Lipinski definition) is 2. The van der Waals surface area contributed by atoms with Crippen molar-refractivity contribution >= 4 is 22.6 Å². The van der Waals surface area contributed by atoms with E-state index in [9.17, 15) is 4.79 Å². The molecule has 128 valence electrons. The van der Waals surface area contributed by atoms with Crippen molar-refractivity contribution in [3.63, 3.8) is 0 Å². The fourth-order valence-electron chi connectivity index (χ4n) is 3.12. The number of aromatic amines is 1. The zero-order chi connectivity index (χ0) is 17.2. The molecule has 7 nitrogen and oxygen atoms in total. The van der Waals surface area contributed by atoms with Crippen molar-refractivity contribution in [2.45, 2.75) is 12.8 Å². The second kappa shape index (κ2) is 6.43. The highest BCUT2D eigenvalue weighted by molar-refractivity contribution is 5.90. The van der Waals surface area contributed by atoms with E-state index in [1.54, 1.807) is 12.3 Å². The largest absolute Gasteiger partial charge is 0.483 e. The third kappa shape index (κ3) is 3.13. The molecule has 1 fully saturated rings. The molecule has 3 heterocycles. The van der Waals surface area contributed by atoms with Gasteiger partial charge in [-0.15, -0.1) is 0 Å². The Morgan fingerprint density at radius 1 is 1.24 bits per heavy atom. The number of ether oxygens (including phenoxy) is 1. The van der Waals surface area contributed by atoms with E-state index in [4.69, 9.17) is 10.5 Å². The van der Waals surface area contributed by atoms with Crippen LogP contribution in [0.3, 0.4) is 0 Å². The topological polar surface area (TPSA) is 97.1 Å². The first-order valence-electron chi connectivity index (χ1n) is 8.31. The highest BCUT2D eigenvalue weighted by Gasteiger charge is 2.18. The summed E-state index contributed by atoms with van der Waals surface area (Å²) >= 11 is 0. The molecule has 1 amide bonds. The third-order valence-corrected chi connectivity index (χ3v) is 4.41. The molecule has 1 aliphatic rings. The summed E-state index contributed by atoms with van der Waals surface area (Å²) in [5.41, 5.74) is 8.49. The number of fused-ring (bicyclic) bond motifs is 1. The van der Waals surface area contributed by atoms with Crippen LogP contribution < -0.4 is 10.5 Å². The van der Waals surface area contributed by atoms with Crippen LogP contribution in [0.25, 0.3) is 22.2 Å². The van der Waals surface area contributed by atoms with Gasteiger partial charge in [0.1, 0.15) is 11.6 Å². The van der Waals surface area contributed by atoms with E-state index in [0.29, 0.717) is 11.6 Å². The highest BCUT2D eigenvalue weighted by atomic mass is 16.5. The summed E-state index contributed by atoms with van der Waals surface area (Å²) in [5.74, 6) is 0.944. The van der Waals surface area contributed by atoms with Crippen LogP contribution in [-0.4, -0.2) is 45.7 Å². The molecule has 7 heteroatoms. The van der Waals surface area contributed by atoms with Crippen LogP contribution in [0.4, 0.5) is 5.82 Å². The first kappa shape index (κ1) is 15.4. The lowest BCUT2D eigenvalue weighted by Crippen LogP contribution is -2.32. The summed E-state index contributed by atoms with van der Waals surface area (Å²) in [7, 11) is 0. The molecule has 0 unspecified atom stereocenters. The zero-order valence-corrected chi connectivity index (χ0v) is 13.7. The summed E-state index contributed by atoms with van der Waals surface area (Å²) in [6.45, 7) is 1.64. The normalized spacial score (nSPS) is 14.2. The Kier molecular flexibility index (Phi) is 3.97. The predicted molar refractivity (Wildman–Crippen MR) is 95.0 cm³/mol. The fourth-order valence-corrected chi connectivity index (χ4v) is 3.12. The van der Waals surface area contributed by atoms with Gasteiger partial charge >= 0.3 is 0 Å². The number of rotatable bonds is 4. The van der Waals surface area contributed by atoms with Crippen molar-refractivity contribution in [2.24, 2.45) is 0 Å². The quantitative estimate of drug-likeness (QED) is 0.761. The number of anilines is 1. The number of carbonyl (C=O) groups excluding carboxylic acids is 1.